The number of nitrogens with one attached hydrogen (secondary N) is 1. The Hall–Kier alpha value is -2.40. The minimum atomic E-state index is -0.500. The van der Waals surface area contributed by atoms with Crippen LogP contribution in [-0.4, -0.2) is 28.6 Å². The summed E-state index contributed by atoms with van der Waals surface area (Å²) in [7, 11) is 1.69. The molecule has 0 fully saturated rings. The zero-order chi connectivity index (χ0) is 18.0. The first kappa shape index (κ1) is 17.4. The Labute approximate surface area is 155 Å². The Bertz CT molecular complexity index is 915. The van der Waals surface area contributed by atoms with Gasteiger partial charge >= 0.3 is 0 Å². The normalized spacial score (nSPS) is 12.1. The number of ketones is 1. The van der Waals surface area contributed by atoms with E-state index in [1.807, 2.05) is 55.5 Å². The fraction of sp³-hybridized carbons (Fsp3) is 0.200. The Morgan fingerprint density at radius 1 is 1.12 bits per heavy atom. The van der Waals surface area contributed by atoms with Crippen molar-refractivity contribution in [2.75, 3.05) is 7.05 Å². The van der Waals surface area contributed by atoms with Crippen LogP contribution in [0.4, 0.5) is 0 Å². The molecule has 0 aliphatic heterocycles. The minimum Gasteiger partial charge on any atom is -0.360 e. The third-order valence-electron chi connectivity index (χ3n) is 4.46. The Kier molecular flexibility index (Phi) is 5.04. The maximum absolute atomic E-state index is 12.8. The van der Waals surface area contributed by atoms with Crippen molar-refractivity contribution in [3.8, 4) is 0 Å². The fourth-order valence-corrected chi connectivity index (χ4v) is 3.36. The third-order valence-corrected chi connectivity index (χ3v) is 4.99. The van der Waals surface area contributed by atoms with E-state index in [9.17, 15) is 9.59 Å². The number of carbonyl (C=O) groups is 2. The van der Waals surface area contributed by atoms with Gasteiger partial charge in [-0.2, -0.15) is 0 Å². The van der Waals surface area contributed by atoms with Crippen molar-refractivity contribution < 1.29 is 9.59 Å². The predicted octanol–water partition coefficient (Wildman–Crippen LogP) is 4.72. The van der Waals surface area contributed by atoms with E-state index in [4.69, 9.17) is 0 Å². The van der Waals surface area contributed by atoms with Crippen LogP contribution in [0.15, 0.2) is 59.2 Å². The lowest BCUT2D eigenvalue weighted by molar-refractivity contribution is -0.127. The van der Waals surface area contributed by atoms with Crippen LogP contribution in [0.5, 0.6) is 0 Å². The molecular weight excluding hydrogens is 380 g/mol. The summed E-state index contributed by atoms with van der Waals surface area (Å²) in [6.45, 7) is 2.01. The number of nitrogens with zero attached hydrogens (tertiary/aromatic N) is 1. The zero-order valence-electron chi connectivity index (χ0n) is 14.1. The topological polar surface area (TPSA) is 53.2 Å². The molecule has 0 saturated carbocycles. The van der Waals surface area contributed by atoms with Crippen molar-refractivity contribution in [2.24, 2.45) is 0 Å². The zero-order valence-corrected chi connectivity index (χ0v) is 15.7. The second-order valence-corrected chi connectivity index (χ2v) is 6.88. The summed E-state index contributed by atoms with van der Waals surface area (Å²) in [5, 5.41) is 0.769. The van der Waals surface area contributed by atoms with E-state index in [1.54, 1.807) is 13.2 Å². The first-order valence-corrected chi connectivity index (χ1v) is 8.95. The van der Waals surface area contributed by atoms with E-state index in [1.165, 1.54) is 4.90 Å². The van der Waals surface area contributed by atoms with Gasteiger partial charge in [0, 0.05) is 28.6 Å². The smallest absolute Gasteiger partial charge is 0.295 e. The van der Waals surface area contributed by atoms with Crippen molar-refractivity contribution >= 4 is 38.5 Å². The SMILES string of the molecule is CCC(c1ccc(Br)cc1)N(C)C(=O)C(=O)c1c[nH]c2ccccc12. The van der Waals surface area contributed by atoms with Gasteiger partial charge in [0.2, 0.25) is 0 Å². The van der Waals surface area contributed by atoms with E-state index < -0.39 is 11.7 Å². The van der Waals surface area contributed by atoms with Gasteiger partial charge in [-0.15, -0.1) is 0 Å². The van der Waals surface area contributed by atoms with Gasteiger partial charge in [0.05, 0.1) is 11.6 Å². The maximum atomic E-state index is 12.8. The molecule has 2 aromatic carbocycles. The summed E-state index contributed by atoms with van der Waals surface area (Å²) in [5.74, 6) is -0.991. The molecule has 25 heavy (non-hydrogen) atoms. The molecule has 128 valence electrons. The second-order valence-electron chi connectivity index (χ2n) is 5.97. The number of likely N-dealkylation sites (N-methyl/N-ethyl adjacent to an activating group) is 1. The lowest BCUT2D eigenvalue weighted by Gasteiger charge is -2.27. The predicted molar refractivity (Wildman–Crippen MR) is 103 cm³/mol. The van der Waals surface area contributed by atoms with Crippen molar-refractivity contribution in [1.82, 2.24) is 9.88 Å². The molecule has 1 amide bonds. The van der Waals surface area contributed by atoms with Gasteiger partial charge < -0.3 is 9.88 Å². The number of hydrogen-bond donors (Lipinski definition) is 1. The molecule has 0 spiro atoms. The monoisotopic (exact) mass is 398 g/mol. The molecule has 1 unspecified atom stereocenters. The van der Waals surface area contributed by atoms with Crippen molar-refractivity contribution in [3.63, 3.8) is 0 Å². The van der Waals surface area contributed by atoms with Crippen LogP contribution in [0.2, 0.25) is 0 Å². The number of amides is 1. The number of hydrogen-bond acceptors (Lipinski definition) is 2. The van der Waals surface area contributed by atoms with Crippen molar-refractivity contribution in [2.45, 2.75) is 19.4 Å². The molecule has 0 radical (unpaired) electrons. The van der Waals surface area contributed by atoms with Gasteiger partial charge in [-0.1, -0.05) is 53.2 Å². The van der Waals surface area contributed by atoms with Crippen molar-refractivity contribution in [1.29, 1.82) is 0 Å². The van der Waals surface area contributed by atoms with E-state index in [2.05, 4.69) is 20.9 Å². The largest absolute Gasteiger partial charge is 0.360 e. The van der Waals surface area contributed by atoms with Gasteiger partial charge in [0.15, 0.2) is 0 Å². The minimum absolute atomic E-state index is 0.144. The molecule has 1 aromatic heterocycles. The highest BCUT2D eigenvalue weighted by atomic mass is 79.9. The van der Waals surface area contributed by atoms with Crippen LogP contribution in [-0.2, 0) is 4.79 Å². The molecule has 3 rings (SSSR count). The summed E-state index contributed by atoms with van der Waals surface area (Å²) in [5.41, 5.74) is 2.27. The Balaban J connectivity index is 1.87. The molecule has 0 bridgehead atoms. The standard InChI is InChI=1S/C20H19BrN2O2/c1-3-18(13-8-10-14(21)11-9-13)23(2)20(25)19(24)16-12-22-17-7-5-4-6-15(16)17/h4-12,18,22H,3H2,1-2H3. The number of rotatable bonds is 5. The van der Waals surface area contributed by atoms with Crippen LogP contribution in [0.1, 0.15) is 35.3 Å². The number of fused-ring (bicyclic) bond motifs is 1. The van der Waals surface area contributed by atoms with Crippen LogP contribution >= 0.6 is 15.9 Å². The molecule has 1 N–H and O–H groups in total. The highest BCUT2D eigenvalue weighted by Gasteiger charge is 2.27. The summed E-state index contributed by atoms with van der Waals surface area (Å²) in [4.78, 5) is 30.1. The van der Waals surface area contributed by atoms with Crippen LogP contribution in [0.3, 0.4) is 0 Å². The van der Waals surface area contributed by atoms with E-state index >= 15 is 0 Å². The lowest BCUT2D eigenvalue weighted by atomic mass is 10.0. The van der Waals surface area contributed by atoms with Crippen LogP contribution in [0.25, 0.3) is 10.9 Å². The number of aromatic nitrogens is 1. The van der Waals surface area contributed by atoms with Gasteiger partial charge in [-0.05, 0) is 30.2 Å². The number of Topliss-reactive ketones (excluding diaryl/α,β-unsaturated/α-hetero) is 1. The molecule has 3 aromatic rings. The molecular formula is C20H19BrN2O2. The number of aromatic amines is 1. The van der Waals surface area contributed by atoms with Gasteiger partial charge in [-0.3, -0.25) is 9.59 Å². The highest BCUT2D eigenvalue weighted by molar-refractivity contribution is 9.10. The fourth-order valence-electron chi connectivity index (χ4n) is 3.09. The Morgan fingerprint density at radius 3 is 2.48 bits per heavy atom. The maximum Gasteiger partial charge on any atom is 0.295 e. The summed E-state index contributed by atoms with van der Waals surface area (Å²) in [6, 6.07) is 15.2. The van der Waals surface area contributed by atoms with Crippen LogP contribution in [0, 0.1) is 0 Å². The molecule has 4 nitrogen and oxygen atoms in total. The first-order valence-electron chi connectivity index (χ1n) is 8.16. The van der Waals surface area contributed by atoms with E-state index in [-0.39, 0.29) is 6.04 Å². The quantitative estimate of drug-likeness (QED) is 0.499. The average Bonchev–Trinajstić information content (AvgIpc) is 3.06. The molecule has 5 heteroatoms. The number of para-hydroxylation sites is 1. The summed E-state index contributed by atoms with van der Waals surface area (Å²) in [6.07, 6.45) is 2.34. The van der Waals surface area contributed by atoms with E-state index in [0.717, 1.165) is 27.4 Å². The number of carbonyl (C=O) groups excluding carboxylic acids is 2. The van der Waals surface area contributed by atoms with Gasteiger partial charge in [0.25, 0.3) is 11.7 Å². The summed E-state index contributed by atoms with van der Waals surface area (Å²) < 4.78 is 0.981. The number of benzene rings is 2. The molecule has 0 aliphatic carbocycles. The number of halogens is 1. The Morgan fingerprint density at radius 2 is 1.80 bits per heavy atom. The van der Waals surface area contributed by atoms with Gasteiger partial charge in [-0.25, -0.2) is 0 Å². The molecule has 1 atom stereocenters. The van der Waals surface area contributed by atoms with Crippen LogP contribution < -0.4 is 0 Å². The number of H-pyrrole nitrogens is 1. The highest BCUT2D eigenvalue weighted by Crippen LogP contribution is 2.26. The average molecular weight is 399 g/mol. The first-order chi connectivity index (χ1) is 12.0. The second kappa shape index (κ2) is 7.23. The van der Waals surface area contributed by atoms with Crippen molar-refractivity contribution in [3.05, 3.63) is 70.3 Å². The molecule has 1 heterocycles. The molecule has 0 saturated heterocycles. The van der Waals surface area contributed by atoms with Gasteiger partial charge in [0.1, 0.15) is 0 Å². The van der Waals surface area contributed by atoms with E-state index in [0.29, 0.717) is 5.56 Å². The summed E-state index contributed by atoms with van der Waals surface area (Å²) >= 11 is 3.42. The lowest BCUT2D eigenvalue weighted by Crippen LogP contribution is -2.36. The molecule has 0 aliphatic rings. The third kappa shape index (κ3) is 3.37.